The van der Waals surface area contributed by atoms with Gasteiger partial charge in [0.25, 0.3) is 0 Å². The van der Waals surface area contributed by atoms with Crippen LogP contribution < -0.4 is 5.32 Å². The van der Waals surface area contributed by atoms with Gasteiger partial charge in [-0.15, -0.1) is 0 Å². The van der Waals surface area contributed by atoms with Gasteiger partial charge in [-0.25, -0.2) is 9.59 Å². The van der Waals surface area contributed by atoms with Crippen LogP contribution in [-0.4, -0.2) is 47.3 Å². The molecule has 0 fully saturated rings. The molecule has 2 amide bonds. The highest BCUT2D eigenvalue weighted by atomic mass is 79.9. The normalized spacial score (nSPS) is 10.2. The van der Waals surface area contributed by atoms with E-state index in [0.717, 1.165) is 19.3 Å². The largest absolute Gasteiger partial charge is 0.478 e. The Morgan fingerprint density at radius 3 is 2.62 bits per heavy atom. The Morgan fingerprint density at radius 1 is 1.29 bits per heavy atom. The standard InChI is InChI=1S/C14H19BrN2O4/c1-17(7-3-2-4-8-18)14(21)16-12-9-10(13(19)20)5-6-11(12)15/h5-6,9,18H,2-4,7-8H2,1H3,(H,16,21)(H,19,20). The van der Waals surface area contributed by atoms with Crippen molar-refractivity contribution in [2.24, 2.45) is 0 Å². The van der Waals surface area contributed by atoms with Crippen LogP contribution in [-0.2, 0) is 0 Å². The lowest BCUT2D eigenvalue weighted by Crippen LogP contribution is -2.32. The fraction of sp³-hybridized carbons (Fsp3) is 0.429. The molecular formula is C14H19BrN2O4. The zero-order valence-electron chi connectivity index (χ0n) is 11.8. The van der Waals surface area contributed by atoms with E-state index in [1.54, 1.807) is 13.1 Å². The van der Waals surface area contributed by atoms with E-state index in [1.165, 1.54) is 17.0 Å². The molecular weight excluding hydrogens is 340 g/mol. The first-order chi connectivity index (χ1) is 9.95. The lowest BCUT2D eigenvalue weighted by atomic mass is 10.2. The first-order valence-electron chi connectivity index (χ1n) is 6.61. The summed E-state index contributed by atoms with van der Waals surface area (Å²) in [6.07, 6.45) is 2.38. The van der Waals surface area contributed by atoms with Crippen LogP contribution in [0.4, 0.5) is 10.5 Å². The molecule has 0 bridgehead atoms. The molecule has 0 aliphatic heterocycles. The van der Waals surface area contributed by atoms with Gasteiger partial charge in [0.2, 0.25) is 0 Å². The van der Waals surface area contributed by atoms with Crippen molar-refractivity contribution in [2.45, 2.75) is 19.3 Å². The minimum absolute atomic E-state index is 0.110. The maximum atomic E-state index is 12.0. The molecule has 0 aliphatic rings. The van der Waals surface area contributed by atoms with Gasteiger partial charge in [0.15, 0.2) is 0 Å². The number of unbranched alkanes of at least 4 members (excludes halogenated alkanes) is 2. The number of benzene rings is 1. The van der Waals surface area contributed by atoms with Crippen LogP contribution in [0.1, 0.15) is 29.6 Å². The lowest BCUT2D eigenvalue weighted by molar-refractivity contribution is 0.0697. The molecule has 0 spiro atoms. The fourth-order valence-electron chi connectivity index (χ4n) is 1.70. The summed E-state index contributed by atoms with van der Waals surface area (Å²) in [6.45, 7) is 0.729. The summed E-state index contributed by atoms with van der Waals surface area (Å²) in [5.41, 5.74) is 0.529. The average molecular weight is 359 g/mol. The highest BCUT2D eigenvalue weighted by Gasteiger charge is 2.12. The molecule has 1 aromatic rings. The smallest absolute Gasteiger partial charge is 0.335 e. The van der Waals surface area contributed by atoms with Crippen LogP contribution >= 0.6 is 15.9 Å². The van der Waals surface area contributed by atoms with Crippen molar-refractivity contribution in [3.63, 3.8) is 0 Å². The van der Waals surface area contributed by atoms with Gasteiger partial charge >= 0.3 is 12.0 Å². The zero-order chi connectivity index (χ0) is 15.8. The minimum Gasteiger partial charge on any atom is -0.478 e. The quantitative estimate of drug-likeness (QED) is 0.653. The summed E-state index contributed by atoms with van der Waals surface area (Å²) < 4.78 is 0.620. The van der Waals surface area contributed by atoms with E-state index in [4.69, 9.17) is 10.2 Å². The number of nitrogens with zero attached hydrogens (tertiary/aromatic N) is 1. The Labute approximate surface area is 131 Å². The number of nitrogens with one attached hydrogen (secondary N) is 1. The number of aliphatic hydroxyl groups excluding tert-OH is 1. The molecule has 0 atom stereocenters. The highest BCUT2D eigenvalue weighted by molar-refractivity contribution is 9.10. The third kappa shape index (κ3) is 5.73. The van der Waals surface area contributed by atoms with Gasteiger partial charge in [0, 0.05) is 24.7 Å². The summed E-state index contributed by atoms with van der Waals surface area (Å²) >= 11 is 3.28. The van der Waals surface area contributed by atoms with E-state index in [1.807, 2.05) is 0 Å². The van der Waals surface area contributed by atoms with Gasteiger partial charge < -0.3 is 20.4 Å². The first-order valence-corrected chi connectivity index (χ1v) is 7.41. The molecule has 0 heterocycles. The molecule has 3 N–H and O–H groups in total. The Morgan fingerprint density at radius 2 is 2.00 bits per heavy atom. The molecule has 0 aliphatic carbocycles. The van der Waals surface area contributed by atoms with Crippen LogP contribution in [0.5, 0.6) is 0 Å². The highest BCUT2D eigenvalue weighted by Crippen LogP contribution is 2.24. The molecule has 6 nitrogen and oxygen atoms in total. The summed E-state index contributed by atoms with van der Waals surface area (Å²) in [7, 11) is 1.67. The van der Waals surface area contributed by atoms with E-state index < -0.39 is 5.97 Å². The maximum Gasteiger partial charge on any atom is 0.335 e. The minimum atomic E-state index is -1.05. The number of aromatic carboxylic acids is 1. The summed E-state index contributed by atoms with van der Waals surface area (Å²) in [5.74, 6) is -1.05. The summed E-state index contributed by atoms with van der Waals surface area (Å²) in [5, 5.41) is 20.3. The third-order valence-corrected chi connectivity index (χ3v) is 3.64. The molecule has 0 saturated carbocycles. The number of hydrogen-bond acceptors (Lipinski definition) is 3. The Hall–Kier alpha value is -1.60. The molecule has 0 unspecified atom stereocenters. The number of carboxylic acids is 1. The van der Waals surface area contributed by atoms with Crippen LogP contribution in [0.3, 0.4) is 0 Å². The number of hydrogen-bond donors (Lipinski definition) is 3. The van der Waals surface area contributed by atoms with E-state index in [9.17, 15) is 9.59 Å². The molecule has 1 aromatic carbocycles. The van der Waals surface area contributed by atoms with Gasteiger partial charge in [0.05, 0.1) is 11.3 Å². The number of aliphatic hydroxyl groups is 1. The second kappa shape index (κ2) is 8.63. The number of carboxylic acid groups (broad SMARTS) is 1. The molecule has 0 radical (unpaired) electrons. The van der Waals surface area contributed by atoms with Gasteiger partial charge in [-0.3, -0.25) is 0 Å². The fourth-order valence-corrected chi connectivity index (χ4v) is 2.05. The monoisotopic (exact) mass is 358 g/mol. The average Bonchev–Trinajstić information content (AvgIpc) is 2.45. The lowest BCUT2D eigenvalue weighted by Gasteiger charge is -2.18. The predicted molar refractivity (Wildman–Crippen MR) is 83.7 cm³/mol. The number of rotatable bonds is 7. The van der Waals surface area contributed by atoms with Crippen LogP contribution in [0.2, 0.25) is 0 Å². The number of amides is 2. The van der Waals surface area contributed by atoms with Crippen LogP contribution in [0.25, 0.3) is 0 Å². The first kappa shape index (κ1) is 17.5. The number of carbonyl (C=O) groups excluding carboxylic acids is 1. The van der Waals surface area contributed by atoms with E-state index >= 15 is 0 Å². The molecule has 0 saturated heterocycles. The van der Waals surface area contributed by atoms with E-state index in [-0.39, 0.29) is 18.2 Å². The van der Waals surface area contributed by atoms with Crippen molar-refractivity contribution in [3.05, 3.63) is 28.2 Å². The zero-order valence-corrected chi connectivity index (χ0v) is 13.4. The van der Waals surface area contributed by atoms with Crippen molar-refractivity contribution in [3.8, 4) is 0 Å². The molecule has 0 aromatic heterocycles. The van der Waals surface area contributed by atoms with Crippen molar-refractivity contribution < 1.29 is 19.8 Å². The van der Waals surface area contributed by atoms with Gasteiger partial charge in [-0.2, -0.15) is 0 Å². The van der Waals surface area contributed by atoms with Crippen LogP contribution in [0, 0.1) is 0 Å². The number of urea groups is 1. The van der Waals surface area contributed by atoms with Crippen LogP contribution in [0.15, 0.2) is 22.7 Å². The van der Waals surface area contributed by atoms with Crippen molar-refractivity contribution in [2.75, 3.05) is 25.5 Å². The summed E-state index contributed by atoms with van der Waals surface area (Å²) in [4.78, 5) is 24.5. The van der Waals surface area contributed by atoms with Crippen molar-refractivity contribution in [1.29, 1.82) is 0 Å². The second-order valence-electron chi connectivity index (χ2n) is 4.64. The predicted octanol–water partition coefficient (Wildman–Crippen LogP) is 2.77. The van der Waals surface area contributed by atoms with E-state index in [2.05, 4.69) is 21.2 Å². The van der Waals surface area contributed by atoms with Gasteiger partial charge in [-0.05, 0) is 53.4 Å². The Kier molecular flexibility index (Phi) is 7.18. The molecule has 7 heteroatoms. The van der Waals surface area contributed by atoms with Gasteiger partial charge in [-0.1, -0.05) is 0 Å². The molecule has 1 rings (SSSR count). The Bertz CT molecular complexity index is 508. The molecule has 21 heavy (non-hydrogen) atoms. The molecule has 116 valence electrons. The van der Waals surface area contributed by atoms with Crippen molar-refractivity contribution >= 4 is 33.6 Å². The summed E-state index contributed by atoms with van der Waals surface area (Å²) in [6, 6.07) is 4.15. The topological polar surface area (TPSA) is 89.9 Å². The number of carbonyl (C=O) groups is 2. The maximum absolute atomic E-state index is 12.0. The van der Waals surface area contributed by atoms with Gasteiger partial charge in [0.1, 0.15) is 0 Å². The Balaban J connectivity index is 2.61. The number of halogens is 1. The number of anilines is 1. The van der Waals surface area contributed by atoms with Crippen molar-refractivity contribution in [1.82, 2.24) is 4.90 Å². The second-order valence-corrected chi connectivity index (χ2v) is 5.49. The SMILES string of the molecule is CN(CCCCCO)C(=O)Nc1cc(C(=O)O)ccc1Br. The van der Waals surface area contributed by atoms with E-state index in [0.29, 0.717) is 16.7 Å². The third-order valence-electron chi connectivity index (χ3n) is 2.95.